The van der Waals surface area contributed by atoms with Gasteiger partial charge in [0.15, 0.2) is 6.29 Å². The Balaban J connectivity index is 0.000000325. The van der Waals surface area contributed by atoms with Gasteiger partial charge in [-0.1, -0.05) is 0 Å². The van der Waals surface area contributed by atoms with Crippen molar-refractivity contribution in [3.63, 3.8) is 0 Å². The molecule has 7 N–H and O–H groups in total. The fraction of sp³-hybridized carbons (Fsp3) is 0.875. The van der Waals surface area contributed by atoms with E-state index < -0.39 is 43.2 Å². The molecule has 9 heteroatoms. The van der Waals surface area contributed by atoms with Gasteiger partial charge in [-0.15, -0.1) is 0 Å². The van der Waals surface area contributed by atoms with Gasteiger partial charge in [0.25, 0.3) is 0 Å². The van der Waals surface area contributed by atoms with E-state index in [2.05, 4.69) is 17.4 Å². The largest absolute Gasteiger partial charge is 0.480 e. The van der Waals surface area contributed by atoms with Crippen molar-refractivity contribution in [1.29, 1.82) is 0 Å². The zero-order valence-electron chi connectivity index (χ0n) is 8.88. The van der Waals surface area contributed by atoms with Crippen LogP contribution in [0.1, 0.15) is 0 Å². The molecule has 8 nitrogen and oxygen atoms in total. The van der Waals surface area contributed by atoms with E-state index in [1.165, 1.54) is 0 Å². The summed E-state index contributed by atoms with van der Waals surface area (Å²) in [6.45, 7) is -0.407. The maximum Gasteiger partial charge on any atom is 0.321 e. The van der Waals surface area contributed by atoms with Crippen LogP contribution >= 0.6 is 12.6 Å². The highest BCUT2D eigenvalue weighted by Crippen LogP contribution is 2.18. The van der Waals surface area contributed by atoms with Gasteiger partial charge in [0, 0.05) is 5.75 Å². The zero-order chi connectivity index (χ0) is 13.6. The van der Waals surface area contributed by atoms with E-state index in [0.717, 1.165) is 0 Å². The number of carbonyl (C=O) groups is 1. The van der Waals surface area contributed by atoms with Gasteiger partial charge in [0.1, 0.15) is 24.4 Å². The van der Waals surface area contributed by atoms with E-state index >= 15 is 0 Å². The molecule has 0 spiro atoms. The Kier molecular flexibility index (Phi) is 7.63. The fourth-order valence-electron chi connectivity index (χ4n) is 0.958. The van der Waals surface area contributed by atoms with Crippen molar-refractivity contribution in [2.75, 3.05) is 12.4 Å². The van der Waals surface area contributed by atoms with Crippen LogP contribution in [0.2, 0.25) is 0 Å². The first-order chi connectivity index (χ1) is 7.84. The molecule has 1 aliphatic heterocycles. The van der Waals surface area contributed by atoms with Crippen LogP contribution in [0.4, 0.5) is 0 Å². The van der Waals surface area contributed by atoms with Crippen LogP contribution < -0.4 is 5.73 Å². The topological polar surface area (TPSA) is 153 Å². The number of aliphatic hydroxyl groups excluding tert-OH is 4. The molecule has 0 saturated carbocycles. The number of aliphatic carboxylic acids is 1. The monoisotopic (exact) mass is 271 g/mol. The summed E-state index contributed by atoms with van der Waals surface area (Å²) in [5.41, 5.74) is 4.94. The first-order valence-corrected chi connectivity index (χ1v) is 5.38. The van der Waals surface area contributed by atoms with Crippen molar-refractivity contribution >= 4 is 18.6 Å². The van der Waals surface area contributed by atoms with Crippen LogP contribution in [-0.4, -0.2) is 74.5 Å². The third-order valence-electron chi connectivity index (χ3n) is 2.03. The number of carboxylic acid groups (broad SMARTS) is 1. The molecule has 0 bridgehead atoms. The SMILES string of the molecule is N[C@@H](CS)C(=O)O.OC[C@H]1OC(O)[C@@H](O)[C@@H]1O. The van der Waals surface area contributed by atoms with Crippen molar-refractivity contribution in [1.82, 2.24) is 0 Å². The lowest BCUT2D eigenvalue weighted by atomic mass is 10.1. The van der Waals surface area contributed by atoms with Gasteiger partial charge in [-0.2, -0.15) is 12.6 Å². The van der Waals surface area contributed by atoms with Crippen molar-refractivity contribution in [3.8, 4) is 0 Å². The normalized spacial score (nSPS) is 33.8. The Labute approximate surface area is 103 Å². The van der Waals surface area contributed by atoms with E-state index in [-0.39, 0.29) is 5.75 Å². The predicted molar refractivity (Wildman–Crippen MR) is 59.4 cm³/mol. The minimum absolute atomic E-state index is 0.190. The number of hydrogen-bond acceptors (Lipinski definition) is 8. The molecule has 1 aliphatic rings. The first-order valence-electron chi connectivity index (χ1n) is 4.74. The molecule has 1 rings (SSSR count). The van der Waals surface area contributed by atoms with E-state index in [0.29, 0.717) is 0 Å². The molecular formula is C8H17NO7S. The smallest absolute Gasteiger partial charge is 0.321 e. The van der Waals surface area contributed by atoms with E-state index in [1.807, 2.05) is 0 Å². The predicted octanol–water partition coefficient (Wildman–Crippen LogP) is -3.25. The third-order valence-corrected chi connectivity index (χ3v) is 2.42. The van der Waals surface area contributed by atoms with Crippen molar-refractivity contribution < 1.29 is 35.1 Å². The molecule has 102 valence electrons. The van der Waals surface area contributed by atoms with E-state index in [9.17, 15) is 4.79 Å². The van der Waals surface area contributed by atoms with Crippen LogP contribution in [0.5, 0.6) is 0 Å². The number of carboxylic acids is 1. The maximum atomic E-state index is 9.76. The summed E-state index contributed by atoms with van der Waals surface area (Å²) in [4.78, 5) is 9.76. The highest BCUT2D eigenvalue weighted by atomic mass is 32.1. The van der Waals surface area contributed by atoms with Crippen LogP contribution in [0.3, 0.4) is 0 Å². The molecule has 0 aliphatic carbocycles. The molecule has 1 unspecified atom stereocenters. The van der Waals surface area contributed by atoms with Gasteiger partial charge in [-0.3, -0.25) is 4.79 Å². The number of ether oxygens (including phenoxy) is 1. The quantitative estimate of drug-likeness (QED) is 0.264. The van der Waals surface area contributed by atoms with Gasteiger partial charge >= 0.3 is 5.97 Å². The van der Waals surface area contributed by atoms with Gasteiger partial charge in [-0.25, -0.2) is 0 Å². The maximum absolute atomic E-state index is 9.76. The van der Waals surface area contributed by atoms with Gasteiger partial charge in [0.05, 0.1) is 6.61 Å². The van der Waals surface area contributed by atoms with Crippen LogP contribution in [-0.2, 0) is 9.53 Å². The zero-order valence-corrected chi connectivity index (χ0v) is 9.77. The average molecular weight is 271 g/mol. The van der Waals surface area contributed by atoms with Gasteiger partial charge < -0.3 is 36.0 Å². The first kappa shape index (κ1) is 16.6. The lowest BCUT2D eigenvalue weighted by molar-refractivity contribution is -0.137. The Morgan fingerprint density at radius 3 is 2.00 bits per heavy atom. The molecular weight excluding hydrogens is 254 g/mol. The van der Waals surface area contributed by atoms with Crippen LogP contribution in [0.25, 0.3) is 0 Å². The molecule has 0 radical (unpaired) electrons. The molecule has 1 heterocycles. The van der Waals surface area contributed by atoms with Crippen molar-refractivity contribution in [2.45, 2.75) is 30.6 Å². The summed E-state index contributed by atoms with van der Waals surface area (Å²) in [6, 6.07) is -0.816. The Morgan fingerprint density at radius 1 is 1.35 bits per heavy atom. The summed E-state index contributed by atoms with van der Waals surface area (Å²) in [7, 11) is 0. The van der Waals surface area contributed by atoms with Crippen molar-refractivity contribution in [2.24, 2.45) is 5.73 Å². The minimum Gasteiger partial charge on any atom is -0.480 e. The molecule has 1 saturated heterocycles. The molecule has 0 amide bonds. The minimum atomic E-state index is -1.38. The molecule has 5 atom stereocenters. The second-order valence-corrected chi connectivity index (χ2v) is 3.72. The summed E-state index contributed by atoms with van der Waals surface area (Å²) < 4.78 is 4.54. The van der Waals surface area contributed by atoms with E-state index in [4.69, 9.17) is 31.3 Å². The summed E-state index contributed by atoms with van der Waals surface area (Å²) in [6.07, 6.45) is -4.76. The van der Waals surface area contributed by atoms with Crippen molar-refractivity contribution in [3.05, 3.63) is 0 Å². The van der Waals surface area contributed by atoms with Crippen LogP contribution in [0, 0.1) is 0 Å². The molecule has 17 heavy (non-hydrogen) atoms. The lowest BCUT2D eigenvalue weighted by Crippen LogP contribution is -2.33. The molecule has 0 aromatic heterocycles. The van der Waals surface area contributed by atoms with E-state index in [1.54, 1.807) is 0 Å². The summed E-state index contributed by atoms with van der Waals surface area (Å²) >= 11 is 3.65. The van der Waals surface area contributed by atoms with Gasteiger partial charge in [-0.05, 0) is 0 Å². The molecule has 0 aromatic rings. The number of nitrogens with two attached hydrogens (primary N) is 1. The number of rotatable bonds is 3. The summed E-state index contributed by atoms with van der Waals surface area (Å²) in [5, 5.41) is 43.0. The molecule has 0 aromatic carbocycles. The summed E-state index contributed by atoms with van der Waals surface area (Å²) in [5.74, 6) is -0.815. The average Bonchev–Trinajstić information content (AvgIpc) is 2.56. The number of thiol groups is 1. The Morgan fingerprint density at radius 2 is 1.88 bits per heavy atom. The Bertz CT molecular complexity index is 242. The second kappa shape index (κ2) is 7.82. The lowest BCUT2D eigenvalue weighted by Gasteiger charge is -2.09. The van der Waals surface area contributed by atoms with Crippen LogP contribution in [0.15, 0.2) is 0 Å². The second-order valence-electron chi connectivity index (χ2n) is 3.36. The number of aliphatic hydroxyl groups is 4. The Hall–Kier alpha value is -0.420. The van der Waals surface area contributed by atoms with Gasteiger partial charge in [0.2, 0.25) is 0 Å². The highest BCUT2D eigenvalue weighted by Gasteiger charge is 2.41. The highest BCUT2D eigenvalue weighted by molar-refractivity contribution is 7.80. The third kappa shape index (κ3) is 5.17. The fourth-order valence-corrected chi connectivity index (χ4v) is 1.11. The number of hydrogen-bond donors (Lipinski definition) is 7. The standard InChI is InChI=1S/C5H10O5.C3H7NO2S/c6-1-2-3(7)4(8)5(9)10-2;4-2(1-7)3(5)6/h2-9H,1H2;2,7H,1,4H2,(H,5,6)/t2-,3-,4+,5?;2-/m10/s1. The molecule has 1 fully saturated rings.